The van der Waals surface area contributed by atoms with Crippen LogP contribution >= 0.6 is 0 Å². The lowest BCUT2D eigenvalue weighted by atomic mass is 10.1. The van der Waals surface area contributed by atoms with Gasteiger partial charge in [0.05, 0.1) is 18.2 Å². The van der Waals surface area contributed by atoms with Crippen LogP contribution in [0.15, 0.2) is 30.3 Å². The summed E-state index contributed by atoms with van der Waals surface area (Å²) in [7, 11) is 0. The predicted molar refractivity (Wildman–Crippen MR) is 75.3 cm³/mol. The highest BCUT2D eigenvalue weighted by atomic mass is 16.5. The standard InChI is InChI=1S/C16H21NO3/c18-15(12-19-11-14-7-4-10-20-14)17-16(8-9-16)13-5-2-1-3-6-13/h1-3,5-6,14H,4,7-12H2,(H,17,18)/t14-/m0/s1. The second-order valence-electron chi connectivity index (χ2n) is 5.65. The van der Waals surface area contributed by atoms with Crippen LogP contribution in [-0.4, -0.2) is 31.8 Å². The number of amides is 1. The van der Waals surface area contributed by atoms with Crippen molar-refractivity contribution in [2.24, 2.45) is 0 Å². The van der Waals surface area contributed by atoms with Gasteiger partial charge in [-0.2, -0.15) is 0 Å². The minimum absolute atomic E-state index is 0.0376. The lowest BCUT2D eigenvalue weighted by Crippen LogP contribution is -2.37. The maximum atomic E-state index is 12.0. The van der Waals surface area contributed by atoms with Crippen LogP contribution in [0.2, 0.25) is 0 Å². The summed E-state index contributed by atoms with van der Waals surface area (Å²) < 4.78 is 10.9. The average molecular weight is 275 g/mol. The maximum absolute atomic E-state index is 12.0. The zero-order valence-electron chi connectivity index (χ0n) is 11.6. The molecule has 0 radical (unpaired) electrons. The molecule has 4 nitrogen and oxygen atoms in total. The first-order valence-electron chi connectivity index (χ1n) is 7.34. The fourth-order valence-corrected chi connectivity index (χ4v) is 2.73. The summed E-state index contributed by atoms with van der Waals surface area (Å²) in [6.07, 6.45) is 4.32. The lowest BCUT2D eigenvalue weighted by molar-refractivity contribution is -0.127. The van der Waals surface area contributed by atoms with Crippen molar-refractivity contribution >= 4 is 5.91 Å². The van der Waals surface area contributed by atoms with Gasteiger partial charge >= 0.3 is 0 Å². The molecule has 3 rings (SSSR count). The van der Waals surface area contributed by atoms with Crippen LogP contribution in [0.4, 0.5) is 0 Å². The van der Waals surface area contributed by atoms with E-state index in [2.05, 4.69) is 17.4 Å². The van der Waals surface area contributed by atoms with Crippen molar-refractivity contribution in [3.8, 4) is 0 Å². The van der Waals surface area contributed by atoms with Crippen LogP contribution in [-0.2, 0) is 19.8 Å². The van der Waals surface area contributed by atoms with E-state index in [1.807, 2.05) is 18.2 Å². The fourth-order valence-electron chi connectivity index (χ4n) is 2.73. The third-order valence-corrected chi connectivity index (χ3v) is 4.02. The SMILES string of the molecule is O=C(COC[C@@H]1CCCO1)NC1(c2ccccc2)CC1. The Balaban J connectivity index is 1.44. The van der Waals surface area contributed by atoms with Crippen molar-refractivity contribution in [1.29, 1.82) is 0 Å². The van der Waals surface area contributed by atoms with E-state index in [1.165, 1.54) is 5.56 Å². The smallest absolute Gasteiger partial charge is 0.246 e. The van der Waals surface area contributed by atoms with E-state index in [-0.39, 0.29) is 24.2 Å². The molecule has 1 aromatic carbocycles. The van der Waals surface area contributed by atoms with Crippen LogP contribution in [0, 0.1) is 0 Å². The minimum Gasteiger partial charge on any atom is -0.376 e. The molecule has 0 spiro atoms. The quantitative estimate of drug-likeness (QED) is 0.863. The molecule has 1 saturated heterocycles. The monoisotopic (exact) mass is 275 g/mol. The zero-order chi connectivity index (χ0) is 13.8. The molecular weight excluding hydrogens is 254 g/mol. The van der Waals surface area contributed by atoms with Gasteiger partial charge in [-0.3, -0.25) is 4.79 Å². The Morgan fingerprint density at radius 2 is 2.15 bits per heavy atom. The Morgan fingerprint density at radius 3 is 2.80 bits per heavy atom. The van der Waals surface area contributed by atoms with Crippen molar-refractivity contribution < 1.29 is 14.3 Å². The normalized spacial score (nSPS) is 23.5. The largest absolute Gasteiger partial charge is 0.376 e. The maximum Gasteiger partial charge on any atom is 0.246 e. The predicted octanol–water partition coefficient (Wildman–Crippen LogP) is 1.99. The highest BCUT2D eigenvalue weighted by molar-refractivity contribution is 5.78. The highest BCUT2D eigenvalue weighted by Crippen LogP contribution is 2.45. The summed E-state index contributed by atoms with van der Waals surface area (Å²) in [4.78, 5) is 12.0. The molecule has 2 aliphatic rings. The summed E-state index contributed by atoms with van der Waals surface area (Å²) in [5.74, 6) is -0.0376. The molecule has 0 unspecified atom stereocenters. The molecule has 2 fully saturated rings. The number of hydrogen-bond donors (Lipinski definition) is 1. The highest BCUT2D eigenvalue weighted by Gasteiger charge is 2.45. The van der Waals surface area contributed by atoms with E-state index in [4.69, 9.17) is 9.47 Å². The van der Waals surface area contributed by atoms with E-state index in [0.717, 1.165) is 32.3 Å². The molecule has 1 saturated carbocycles. The molecule has 108 valence electrons. The van der Waals surface area contributed by atoms with Crippen molar-refractivity contribution in [3.63, 3.8) is 0 Å². The van der Waals surface area contributed by atoms with Crippen molar-refractivity contribution in [3.05, 3.63) is 35.9 Å². The molecule has 0 bridgehead atoms. The van der Waals surface area contributed by atoms with Gasteiger partial charge in [0.15, 0.2) is 0 Å². The van der Waals surface area contributed by atoms with E-state index in [9.17, 15) is 4.79 Å². The van der Waals surface area contributed by atoms with E-state index < -0.39 is 0 Å². The topological polar surface area (TPSA) is 47.6 Å². The Kier molecular flexibility index (Phi) is 4.03. The van der Waals surface area contributed by atoms with Gasteiger partial charge in [-0.05, 0) is 31.2 Å². The first-order chi connectivity index (χ1) is 9.78. The molecular formula is C16H21NO3. The Bertz CT molecular complexity index is 450. The second kappa shape index (κ2) is 5.94. The summed E-state index contributed by atoms with van der Waals surface area (Å²) in [6, 6.07) is 10.2. The van der Waals surface area contributed by atoms with Crippen molar-refractivity contribution in [1.82, 2.24) is 5.32 Å². The summed E-state index contributed by atoms with van der Waals surface area (Å²) in [6.45, 7) is 1.46. The summed E-state index contributed by atoms with van der Waals surface area (Å²) in [5.41, 5.74) is 1.04. The summed E-state index contributed by atoms with van der Waals surface area (Å²) >= 11 is 0. The second-order valence-corrected chi connectivity index (χ2v) is 5.65. The Labute approximate surface area is 119 Å². The van der Waals surface area contributed by atoms with Gasteiger partial charge in [-0.1, -0.05) is 30.3 Å². The van der Waals surface area contributed by atoms with Crippen LogP contribution in [0.25, 0.3) is 0 Å². The molecule has 1 aromatic rings. The number of ether oxygens (including phenoxy) is 2. The van der Waals surface area contributed by atoms with Gasteiger partial charge in [0.1, 0.15) is 6.61 Å². The number of rotatable bonds is 6. The average Bonchev–Trinajstić information content (AvgIpc) is 3.06. The first kappa shape index (κ1) is 13.6. The van der Waals surface area contributed by atoms with E-state index >= 15 is 0 Å². The Morgan fingerprint density at radius 1 is 1.35 bits per heavy atom. The fraction of sp³-hybridized carbons (Fsp3) is 0.562. The molecule has 4 heteroatoms. The molecule has 0 aromatic heterocycles. The van der Waals surface area contributed by atoms with Gasteiger partial charge in [-0.25, -0.2) is 0 Å². The van der Waals surface area contributed by atoms with Crippen LogP contribution in [0.3, 0.4) is 0 Å². The molecule has 1 heterocycles. The van der Waals surface area contributed by atoms with Crippen LogP contribution in [0.1, 0.15) is 31.2 Å². The first-order valence-corrected chi connectivity index (χ1v) is 7.34. The van der Waals surface area contributed by atoms with Crippen LogP contribution in [0.5, 0.6) is 0 Å². The van der Waals surface area contributed by atoms with Crippen molar-refractivity contribution in [2.75, 3.05) is 19.8 Å². The molecule has 1 amide bonds. The van der Waals surface area contributed by atoms with Gasteiger partial charge in [0.2, 0.25) is 5.91 Å². The minimum atomic E-state index is -0.147. The number of nitrogens with one attached hydrogen (secondary N) is 1. The molecule has 20 heavy (non-hydrogen) atoms. The molecule has 1 aliphatic carbocycles. The number of carbonyl (C=O) groups is 1. The van der Waals surface area contributed by atoms with Gasteiger partial charge in [-0.15, -0.1) is 0 Å². The zero-order valence-corrected chi connectivity index (χ0v) is 11.6. The molecule has 1 aliphatic heterocycles. The third-order valence-electron chi connectivity index (χ3n) is 4.02. The van der Waals surface area contributed by atoms with E-state index in [1.54, 1.807) is 0 Å². The molecule has 1 N–H and O–H groups in total. The molecule has 1 atom stereocenters. The summed E-state index contributed by atoms with van der Waals surface area (Å²) in [5, 5.41) is 3.10. The van der Waals surface area contributed by atoms with Gasteiger partial charge in [0.25, 0.3) is 0 Å². The van der Waals surface area contributed by atoms with E-state index in [0.29, 0.717) is 6.61 Å². The van der Waals surface area contributed by atoms with Gasteiger partial charge in [0, 0.05) is 6.61 Å². The number of benzene rings is 1. The van der Waals surface area contributed by atoms with Crippen LogP contribution < -0.4 is 5.32 Å². The Hall–Kier alpha value is -1.39. The number of carbonyl (C=O) groups excluding carboxylic acids is 1. The third kappa shape index (κ3) is 3.19. The lowest BCUT2D eigenvalue weighted by Gasteiger charge is -2.18. The van der Waals surface area contributed by atoms with Gasteiger partial charge < -0.3 is 14.8 Å². The van der Waals surface area contributed by atoms with Crippen molar-refractivity contribution in [2.45, 2.75) is 37.3 Å². The number of hydrogen-bond acceptors (Lipinski definition) is 3.